The van der Waals surface area contributed by atoms with Crippen molar-refractivity contribution in [3.8, 4) is 11.1 Å². The first-order valence-corrected chi connectivity index (χ1v) is 17.1. The van der Waals surface area contributed by atoms with Gasteiger partial charge < -0.3 is 0 Å². The van der Waals surface area contributed by atoms with Crippen molar-refractivity contribution in [2.75, 3.05) is 0 Å². The highest BCUT2D eigenvalue weighted by molar-refractivity contribution is 7.86. The second-order valence-electron chi connectivity index (χ2n) is 11.1. The molecule has 2 aromatic carbocycles. The lowest BCUT2D eigenvalue weighted by Crippen LogP contribution is -2.03. The Morgan fingerprint density at radius 1 is 0.526 bits per heavy atom. The molecule has 0 radical (unpaired) electrons. The molecule has 0 aliphatic rings. The van der Waals surface area contributed by atoms with Crippen LogP contribution in [0.25, 0.3) is 11.1 Å². The lowest BCUT2D eigenvalue weighted by atomic mass is 9.95. The maximum atomic E-state index is 12.0. The Kier molecular flexibility index (Phi) is 17.4. The van der Waals surface area contributed by atoms with E-state index >= 15 is 0 Å². The summed E-state index contributed by atoms with van der Waals surface area (Å²) in [6.07, 6.45) is 28.1. The number of hydrogen-bond donors (Lipinski definition) is 1. The van der Waals surface area contributed by atoms with Crippen molar-refractivity contribution in [2.45, 2.75) is 147 Å². The highest BCUT2D eigenvalue weighted by Crippen LogP contribution is 2.32. The van der Waals surface area contributed by atoms with Crippen LogP contribution in [-0.4, -0.2) is 13.0 Å². The van der Waals surface area contributed by atoms with Gasteiger partial charge >= 0.3 is 0 Å². The van der Waals surface area contributed by atoms with Crippen LogP contribution in [0.3, 0.4) is 0 Å². The molecule has 1 N–H and O–H groups in total. The van der Waals surface area contributed by atoms with E-state index in [1.807, 2.05) is 36.4 Å². The van der Waals surface area contributed by atoms with Crippen LogP contribution in [0.15, 0.2) is 53.4 Å². The molecule has 0 bridgehead atoms. The Morgan fingerprint density at radius 2 is 0.947 bits per heavy atom. The molecule has 4 heteroatoms. The van der Waals surface area contributed by atoms with E-state index in [4.69, 9.17) is 0 Å². The van der Waals surface area contributed by atoms with Gasteiger partial charge in [-0.3, -0.25) is 4.55 Å². The lowest BCUT2D eigenvalue weighted by Gasteiger charge is -2.14. The molecule has 0 aliphatic heterocycles. The molecule has 0 saturated carbocycles. The van der Waals surface area contributed by atoms with Crippen molar-refractivity contribution in [2.24, 2.45) is 0 Å². The Labute approximate surface area is 234 Å². The average molecular weight is 543 g/mol. The van der Waals surface area contributed by atoms with Crippen LogP contribution in [0.4, 0.5) is 0 Å². The van der Waals surface area contributed by atoms with Gasteiger partial charge in [0.2, 0.25) is 0 Å². The van der Waals surface area contributed by atoms with Crippen LogP contribution in [0, 0.1) is 0 Å². The summed E-state index contributed by atoms with van der Waals surface area (Å²) in [5.41, 5.74) is 2.48. The molecule has 0 aromatic heterocycles. The molecular weight excluding hydrogens is 488 g/mol. The van der Waals surface area contributed by atoms with Gasteiger partial charge in [0, 0.05) is 5.56 Å². The lowest BCUT2D eigenvalue weighted by molar-refractivity contribution is 0.483. The minimum atomic E-state index is -4.27. The summed E-state index contributed by atoms with van der Waals surface area (Å²) in [4.78, 5) is 0.00867. The van der Waals surface area contributed by atoms with Gasteiger partial charge in [-0.05, 0) is 30.0 Å². The van der Waals surface area contributed by atoms with E-state index in [1.54, 1.807) is 6.07 Å². The summed E-state index contributed by atoms with van der Waals surface area (Å²) < 4.78 is 33.8. The van der Waals surface area contributed by atoms with E-state index in [0.717, 1.165) is 30.4 Å². The molecule has 0 fully saturated rings. The second kappa shape index (κ2) is 20.3. The van der Waals surface area contributed by atoms with Crippen LogP contribution in [-0.2, 0) is 16.5 Å². The van der Waals surface area contributed by atoms with Crippen LogP contribution in [0.2, 0.25) is 0 Å². The molecular formula is C34H54O3S. The normalized spacial score (nSPS) is 11.7. The fourth-order valence-corrected chi connectivity index (χ4v) is 6.26. The first-order valence-electron chi connectivity index (χ1n) is 15.7. The Balaban J connectivity index is 1.49. The standard InChI is InChI=1S/C34H54O3S/c1-2-3-4-5-6-7-8-9-10-11-12-13-14-15-16-17-18-19-20-22-26-32-29-25-30-33(38(35,36)37)34(32)31-27-23-21-24-28-31/h21,23-25,27-30H,2-20,22,26H2,1H3,(H,35,36,37). The molecule has 2 rings (SSSR count). The summed E-state index contributed by atoms with van der Waals surface area (Å²) in [6, 6.07) is 14.8. The molecule has 2 aromatic rings. The number of benzene rings is 2. The molecule has 38 heavy (non-hydrogen) atoms. The van der Waals surface area contributed by atoms with Crippen LogP contribution >= 0.6 is 0 Å². The predicted molar refractivity (Wildman–Crippen MR) is 163 cm³/mol. The third-order valence-corrected chi connectivity index (χ3v) is 8.65. The van der Waals surface area contributed by atoms with Crippen LogP contribution in [0.5, 0.6) is 0 Å². The molecule has 0 saturated heterocycles. The summed E-state index contributed by atoms with van der Waals surface area (Å²) in [7, 11) is -4.27. The zero-order chi connectivity index (χ0) is 27.3. The second-order valence-corrected chi connectivity index (χ2v) is 12.5. The van der Waals surface area contributed by atoms with Gasteiger partial charge in [0.05, 0.1) is 0 Å². The summed E-state index contributed by atoms with van der Waals surface area (Å²) in [5.74, 6) is 0. The van der Waals surface area contributed by atoms with Crippen LogP contribution in [0.1, 0.15) is 141 Å². The number of rotatable bonds is 23. The van der Waals surface area contributed by atoms with Crippen molar-refractivity contribution in [1.29, 1.82) is 0 Å². The smallest absolute Gasteiger partial charge is 0.282 e. The molecule has 0 aliphatic carbocycles. The predicted octanol–water partition coefficient (Wildman–Crippen LogP) is 11.0. The zero-order valence-corrected chi connectivity index (χ0v) is 25.0. The molecule has 0 atom stereocenters. The van der Waals surface area contributed by atoms with E-state index in [1.165, 1.54) is 122 Å². The largest absolute Gasteiger partial charge is 0.295 e. The third kappa shape index (κ3) is 13.9. The average Bonchev–Trinajstić information content (AvgIpc) is 2.91. The fraction of sp³-hybridized carbons (Fsp3) is 0.647. The monoisotopic (exact) mass is 542 g/mol. The zero-order valence-electron chi connectivity index (χ0n) is 24.1. The first-order chi connectivity index (χ1) is 18.5. The Bertz CT molecular complexity index is 953. The van der Waals surface area contributed by atoms with Gasteiger partial charge in [-0.1, -0.05) is 171 Å². The van der Waals surface area contributed by atoms with E-state index in [9.17, 15) is 13.0 Å². The van der Waals surface area contributed by atoms with Crippen LogP contribution < -0.4 is 0 Å². The topological polar surface area (TPSA) is 54.4 Å². The van der Waals surface area contributed by atoms with Crippen molar-refractivity contribution < 1.29 is 13.0 Å². The van der Waals surface area contributed by atoms with E-state index in [2.05, 4.69) is 6.92 Å². The first kappa shape index (κ1) is 32.6. The van der Waals surface area contributed by atoms with E-state index in [0.29, 0.717) is 5.56 Å². The molecule has 0 heterocycles. The summed E-state index contributed by atoms with van der Waals surface area (Å²) in [5, 5.41) is 0. The maximum Gasteiger partial charge on any atom is 0.295 e. The van der Waals surface area contributed by atoms with Crippen molar-refractivity contribution in [1.82, 2.24) is 0 Å². The van der Waals surface area contributed by atoms with Gasteiger partial charge in [-0.15, -0.1) is 0 Å². The Hall–Kier alpha value is -1.65. The molecule has 0 spiro atoms. The van der Waals surface area contributed by atoms with Gasteiger partial charge in [0.1, 0.15) is 4.90 Å². The van der Waals surface area contributed by atoms with Gasteiger partial charge in [-0.25, -0.2) is 0 Å². The summed E-state index contributed by atoms with van der Waals surface area (Å²) >= 11 is 0. The molecule has 214 valence electrons. The van der Waals surface area contributed by atoms with Gasteiger partial charge in [0.25, 0.3) is 10.1 Å². The third-order valence-electron chi connectivity index (χ3n) is 7.75. The van der Waals surface area contributed by atoms with E-state index < -0.39 is 10.1 Å². The molecule has 0 unspecified atom stereocenters. The maximum absolute atomic E-state index is 12.0. The van der Waals surface area contributed by atoms with Crippen molar-refractivity contribution in [3.05, 3.63) is 54.1 Å². The summed E-state index contributed by atoms with van der Waals surface area (Å²) in [6.45, 7) is 2.28. The number of unbranched alkanes of at least 4 members (excludes halogenated alkanes) is 19. The molecule has 0 amide bonds. The minimum Gasteiger partial charge on any atom is -0.282 e. The van der Waals surface area contributed by atoms with E-state index in [-0.39, 0.29) is 4.90 Å². The van der Waals surface area contributed by atoms with Crippen molar-refractivity contribution >= 4 is 10.1 Å². The molecule has 3 nitrogen and oxygen atoms in total. The minimum absolute atomic E-state index is 0.00867. The number of aryl methyl sites for hydroxylation is 1. The van der Waals surface area contributed by atoms with Gasteiger partial charge in [0.15, 0.2) is 0 Å². The quantitative estimate of drug-likeness (QED) is 0.112. The highest BCUT2D eigenvalue weighted by atomic mass is 32.2. The SMILES string of the molecule is CCCCCCCCCCCCCCCCCCCCCCc1cccc(S(=O)(=O)O)c1-c1ccccc1. The fourth-order valence-electron chi connectivity index (χ4n) is 5.50. The number of hydrogen-bond acceptors (Lipinski definition) is 2. The highest BCUT2D eigenvalue weighted by Gasteiger charge is 2.19. The van der Waals surface area contributed by atoms with Gasteiger partial charge in [-0.2, -0.15) is 8.42 Å². The van der Waals surface area contributed by atoms with Crippen molar-refractivity contribution in [3.63, 3.8) is 0 Å². The Morgan fingerprint density at radius 3 is 1.37 bits per heavy atom.